The monoisotopic (exact) mass is 230 g/mol. The first-order valence-electron chi connectivity index (χ1n) is 4.53. The number of halogens is 1. The lowest BCUT2D eigenvalue weighted by Gasteiger charge is -2.63. The maximum atomic E-state index is 11.1. The Labute approximate surface area is 82.0 Å². The summed E-state index contributed by atoms with van der Waals surface area (Å²) in [6, 6.07) is 0. The molecule has 0 aromatic carbocycles. The Morgan fingerprint density at radius 1 is 1.33 bits per heavy atom. The Morgan fingerprint density at radius 2 is 1.92 bits per heavy atom. The molecular formula is C10H15BrO. The third-order valence-electron chi connectivity index (χ3n) is 4.87. The maximum Gasteiger partial charge on any atom is 0.127 e. The Kier molecular flexibility index (Phi) is 1.43. The minimum absolute atomic E-state index is 0.0677. The largest absolute Gasteiger partial charge is 0.303 e. The van der Waals surface area contributed by atoms with Crippen LogP contribution in [0.2, 0.25) is 0 Å². The van der Waals surface area contributed by atoms with Crippen molar-refractivity contribution in [2.45, 2.75) is 38.4 Å². The van der Waals surface area contributed by atoms with Crippen molar-refractivity contribution in [3.63, 3.8) is 0 Å². The van der Waals surface area contributed by atoms with Crippen molar-refractivity contribution in [2.75, 3.05) is 0 Å². The van der Waals surface area contributed by atoms with E-state index < -0.39 is 0 Å². The lowest BCUT2D eigenvalue weighted by atomic mass is 9.44. The predicted octanol–water partition coefficient (Wildman–Crippen LogP) is 2.78. The summed E-state index contributed by atoms with van der Waals surface area (Å²) in [5.74, 6) is 0. The molecule has 1 nitrogen and oxygen atoms in total. The minimum atomic E-state index is -0.0677. The topological polar surface area (TPSA) is 17.1 Å². The summed E-state index contributed by atoms with van der Waals surface area (Å²) in [6.07, 6.45) is 3.44. The van der Waals surface area contributed by atoms with Gasteiger partial charge in [0.05, 0.1) is 0 Å². The second kappa shape index (κ2) is 1.97. The van der Waals surface area contributed by atoms with Crippen molar-refractivity contribution in [2.24, 2.45) is 16.2 Å². The number of aldehydes is 1. The fourth-order valence-corrected chi connectivity index (χ4v) is 4.98. The molecule has 0 unspecified atom stereocenters. The number of hydrogen-bond acceptors (Lipinski definition) is 1. The smallest absolute Gasteiger partial charge is 0.127 e. The number of hydrogen-bond donors (Lipinski definition) is 0. The fraction of sp³-hybridized carbons (Fsp3) is 0.900. The second-order valence-corrected chi connectivity index (χ2v) is 5.98. The second-order valence-electron chi connectivity index (χ2n) is 5.06. The van der Waals surface area contributed by atoms with Gasteiger partial charge in [-0.2, -0.15) is 0 Å². The van der Waals surface area contributed by atoms with Gasteiger partial charge < -0.3 is 4.79 Å². The molecule has 0 saturated heterocycles. The highest BCUT2D eigenvalue weighted by atomic mass is 79.9. The van der Waals surface area contributed by atoms with E-state index in [1.54, 1.807) is 0 Å². The van der Waals surface area contributed by atoms with Crippen LogP contribution in [0.5, 0.6) is 0 Å². The lowest BCUT2D eigenvalue weighted by molar-refractivity contribution is -0.145. The molecule has 3 fully saturated rings. The molecular weight excluding hydrogens is 216 g/mol. The van der Waals surface area contributed by atoms with E-state index in [9.17, 15) is 4.79 Å². The number of carbonyl (C=O) groups excluding carboxylic acids is 1. The molecule has 0 aromatic heterocycles. The highest BCUT2D eigenvalue weighted by molar-refractivity contribution is 9.09. The SMILES string of the molecule is CC1(C)[C@@]2(C=O)CC[C@]1(C)[C@@H]2Br. The van der Waals surface area contributed by atoms with E-state index in [4.69, 9.17) is 0 Å². The van der Waals surface area contributed by atoms with Gasteiger partial charge in [0.15, 0.2) is 0 Å². The van der Waals surface area contributed by atoms with Gasteiger partial charge in [-0.3, -0.25) is 0 Å². The molecule has 0 heterocycles. The standard InChI is InChI=1S/C10H15BrO/c1-8(2)9(3)4-5-10(8,6-12)7(9)11/h6-7H,4-5H2,1-3H3/t7-,9+,10+/m0/s1. The van der Waals surface area contributed by atoms with Gasteiger partial charge in [-0.1, -0.05) is 36.7 Å². The zero-order valence-corrected chi connectivity index (χ0v) is 9.44. The summed E-state index contributed by atoms with van der Waals surface area (Å²) < 4.78 is 0. The molecule has 12 heavy (non-hydrogen) atoms. The van der Waals surface area contributed by atoms with Gasteiger partial charge in [0.25, 0.3) is 0 Å². The molecule has 3 aliphatic rings. The minimum Gasteiger partial charge on any atom is -0.303 e. The van der Waals surface area contributed by atoms with E-state index in [1.165, 1.54) is 12.7 Å². The third-order valence-corrected chi connectivity index (χ3v) is 6.70. The Bertz CT molecular complexity index is 248. The third kappa shape index (κ3) is 0.527. The molecule has 2 heteroatoms. The van der Waals surface area contributed by atoms with Gasteiger partial charge in [-0.25, -0.2) is 0 Å². The first-order chi connectivity index (χ1) is 5.42. The van der Waals surface area contributed by atoms with Crippen LogP contribution in [0.15, 0.2) is 0 Å². The molecule has 3 atom stereocenters. The van der Waals surface area contributed by atoms with Crippen LogP contribution in [0, 0.1) is 16.2 Å². The van der Waals surface area contributed by atoms with Crippen molar-refractivity contribution in [1.29, 1.82) is 0 Å². The van der Waals surface area contributed by atoms with Gasteiger partial charge in [0.1, 0.15) is 6.29 Å². The fourth-order valence-electron chi connectivity index (χ4n) is 3.27. The van der Waals surface area contributed by atoms with Gasteiger partial charge in [-0.05, 0) is 23.7 Å². The number of fused-ring (bicyclic) bond motifs is 1. The Balaban J connectivity index is 2.48. The molecule has 3 saturated carbocycles. The van der Waals surface area contributed by atoms with E-state index in [2.05, 4.69) is 36.7 Å². The van der Waals surface area contributed by atoms with Crippen molar-refractivity contribution in [3.05, 3.63) is 0 Å². The zero-order valence-electron chi connectivity index (χ0n) is 7.86. The molecule has 0 radical (unpaired) electrons. The van der Waals surface area contributed by atoms with E-state index in [-0.39, 0.29) is 10.8 Å². The summed E-state index contributed by atoms with van der Waals surface area (Å²) in [4.78, 5) is 11.5. The van der Waals surface area contributed by atoms with Crippen LogP contribution in [-0.4, -0.2) is 11.1 Å². The molecule has 0 aromatic rings. The highest BCUT2D eigenvalue weighted by Crippen LogP contribution is 2.78. The average molecular weight is 231 g/mol. The maximum absolute atomic E-state index is 11.1. The van der Waals surface area contributed by atoms with Crippen LogP contribution in [0.4, 0.5) is 0 Å². The summed E-state index contributed by atoms with van der Waals surface area (Å²) in [5, 5.41) is 0. The first-order valence-corrected chi connectivity index (χ1v) is 5.44. The van der Waals surface area contributed by atoms with Gasteiger partial charge >= 0.3 is 0 Å². The van der Waals surface area contributed by atoms with Crippen molar-refractivity contribution < 1.29 is 4.79 Å². The molecule has 0 aliphatic heterocycles. The van der Waals surface area contributed by atoms with Crippen LogP contribution < -0.4 is 0 Å². The average Bonchev–Trinajstić information content (AvgIpc) is 2.40. The first kappa shape index (κ1) is 8.74. The summed E-state index contributed by atoms with van der Waals surface area (Å²) in [7, 11) is 0. The van der Waals surface area contributed by atoms with Crippen LogP contribution in [0.3, 0.4) is 0 Å². The predicted molar refractivity (Wildman–Crippen MR) is 52.3 cm³/mol. The van der Waals surface area contributed by atoms with Gasteiger partial charge in [-0.15, -0.1) is 0 Å². The number of rotatable bonds is 1. The van der Waals surface area contributed by atoms with Crippen molar-refractivity contribution in [1.82, 2.24) is 0 Å². The quantitative estimate of drug-likeness (QED) is 0.501. The number of alkyl halides is 1. The van der Waals surface area contributed by atoms with E-state index >= 15 is 0 Å². The molecule has 3 rings (SSSR count). The van der Waals surface area contributed by atoms with Gasteiger partial charge in [0, 0.05) is 10.2 Å². The molecule has 2 bridgehead atoms. The van der Waals surface area contributed by atoms with E-state index in [0.717, 1.165) is 6.42 Å². The Morgan fingerprint density at radius 3 is 2.08 bits per heavy atom. The molecule has 0 amide bonds. The van der Waals surface area contributed by atoms with Gasteiger partial charge in [0.2, 0.25) is 0 Å². The molecule has 0 spiro atoms. The highest BCUT2D eigenvalue weighted by Gasteiger charge is 2.77. The van der Waals surface area contributed by atoms with Crippen molar-refractivity contribution in [3.8, 4) is 0 Å². The molecule has 3 aliphatic carbocycles. The summed E-state index contributed by atoms with van der Waals surface area (Å²) in [5.41, 5.74) is 0.464. The van der Waals surface area contributed by atoms with Crippen LogP contribution in [-0.2, 0) is 4.79 Å². The van der Waals surface area contributed by atoms with Crippen LogP contribution in [0.25, 0.3) is 0 Å². The van der Waals surface area contributed by atoms with Crippen molar-refractivity contribution >= 4 is 22.2 Å². The number of carbonyl (C=O) groups is 1. The molecule has 68 valence electrons. The van der Waals surface area contributed by atoms with E-state index in [1.807, 2.05) is 0 Å². The van der Waals surface area contributed by atoms with E-state index in [0.29, 0.717) is 10.2 Å². The molecule has 0 N–H and O–H groups in total. The van der Waals surface area contributed by atoms with Crippen LogP contribution >= 0.6 is 15.9 Å². The Hall–Kier alpha value is 0.150. The zero-order chi connectivity index (χ0) is 9.20. The van der Waals surface area contributed by atoms with Crippen LogP contribution in [0.1, 0.15) is 33.6 Å². The summed E-state index contributed by atoms with van der Waals surface area (Å²) in [6.45, 7) is 6.75. The summed E-state index contributed by atoms with van der Waals surface area (Å²) >= 11 is 3.67. The normalized spacial score (nSPS) is 54.8. The lowest BCUT2D eigenvalue weighted by Crippen LogP contribution is -2.64.